The maximum atomic E-state index is 12.2. The van der Waals surface area contributed by atoms with Crippen LogP contribution in [-0.2, 0) is 9.59 Å². The lowest BCUT2D eigenvalue weighted by Crippen LogP contribution is -2.43. The molecule has 2 amide bonds. The Bertz CT molecular complexity index is 732. The van der Waals surface area contributed by atoms with Crippen LogP contribution in [-0.4, -0.2) is 34.9 Å². The van der Waals surface area contributed by atoms with E-state index in [4.69, 9.17) is 4.74 Å². The van der Waals surface area contributed by atoms with Crippen LogP contribution in [0.4, 0.5) is 11.5 Å². The van der Waals surface area contributed by atoms with Crippen molar-refractivity contribution in [3.63, 3.8) is 0 Å². The molecule has 0 atom stereocenters. The van der Waals surface area contributed by atoms with Crippen LogP contribution >= 0.6 is 0 Å². The van der Waals surface area contributed by atoms with E-state index in [-0.39, 0.29) is 25.0 Å². The summed E-state index contributed by atoms with van der Waals surface area (Å²) in [5.41, 5.74) is 1.44. The predicted molar refractivity (Wildman–Crippen MR) is 79.7 cm³/mol. The molecule has 22 heavy (non-hydrogen) atoms. The van der Waals surface area contributed by atoms with Crippen LogP contribution < -0.4 is 15.0 Å². The number of pyridine rings is 2. The number of aryl methyl sites for hydroxylation is 1. The van der Waals surface area contributed by atoms with E-state index in [1.54, 1.807) is 36.7 Å². The van der Waals surface area contributed by atoms with Crippen molar-refractivity contribution < 1.29 is 14.3 Å². The third-order valence-corrected chi connectivity index (χ3v) is 3.14. The minimum Gasteiger partial charge on any atom is -0.480 e. The number of carbonyl (C=O) groups is 2. The summed E-state index contributed by atoms with van der Waals surface area (Å²) in [5.74, 6) is 0.249. The summed E-state index contributed by atoms with van der Waals surface area (Å²) in [4.78, 5) is 33.6. The van der Waals surface area contributed by atoms with Crippen LogP contribution in [0.5, 0.6) is 5.75 Å². The lowest BCUT2D eigenvalue weighted by atomic mass is 10.3. The summed E-state index contributed by atoms with van der Waals surface area (Å²) in [6.45, 7) is 1.62. The van der Waals surface area contributed by atoms with E-state index in [1.165, 1.54) is 4.90 Å². The SMILES string of the molecule is Cc1cc(NC(=O)CN2C(=O)COc3cccnc32)ccn1. The fraction of sp³-hybridized carbons (Fsp3) is 0.200. The molecule has 7 heteroatoms. The number of carbonyl (C=O) groups excluding carboxylic acids is 2. The number of hydrogen-bond acceptors (Lipinski definition) is 5. The van der Waals surface area contributed by atoms with Crippen LogP contribution in [0, 0.1) is 6.92 Å². The molecule has 3 rings (SSSR count). The highest BCUT2D eigenvalue weighted by molar-refractivity contribution is 6.04. The summed E-state index contributed by atoms with van der Waals surface area (Å²) in [6, 6.07) is 6.88. The number of amides is 2. The van der Waals surface area contributed by atoms with Gasteiger partial charge < -0.3 is 10.1 Å². The minimum atomic E-state index is -0.308. The van der Waals surface area contributed by atoms with Crippen LogP contribution in [0.3, 0.4) is 0 Å². The third kappa shape index (κ3) is 2.88. The average Bonchev–Trinajstić information content (AvgIpc) is 2.50. The average molecular weight is 298 g/mol. The molecule has 2 aromatic rings. The standard InChI is InChI=1S/C15H14N4O3/c1-10-7-11(4-6-16-10)18-13(20)8-19-14(21)9-22-12-3-2-5-17-15(12)19/h2-7H,8-9H2,1H3,(H,16,18,20). The Labute approximate surface area is 126 Å². The topological polar surface area (TPSA) is 84.4 Å². The number of anilines is 2. The molecule has 0 saturated carbocycles. The first-order valence-electron chi connectivity index (χ1n) is 6.74. The van der Waals surface area contributed by atoms with Crippen molar-refractivity contribution in [2.45, 2.75) is 6.92 Å². The molecule has 112 valence electrons. The number of nitrogens with one attached hydrogen (secondary N) is 1. The Morgan fingerprint density at radius 2 is 2.23 bits per heavy atom. The molecular formula is C15H14N4O3. The van der Waals surface area contributed by atoms with Gasteiger partial charge in [-0.15, -0.1) is 0 Å². The Kier molecular flexibility index (Phi) is 3.69. The molecular weight excluding hydrogens is 284 g/mol. The molecule has 7 nitrogen and oxygen atoms in total. The number of nitrogens with zero attached hydrogens (tertiary/aromatic N) is 3. The Morgan fingerprint density at radius 1 is 1.36 bits per heavy atom. The highest BCUT2D eigenvalue weighted by Crippen LogP contribution is 2.28. The lowest BCUT2D eigenvalue weighted by molar-refractivity contribution is -0.123. The molecule has 2 aromatic heterocycles. The fourth-order valence-corrected chi connectivity index (χ4v) is 2.16. The molecule has 0 bridgehead atoms. The zero-order valence-electron chi connectivity index (χ0n) is 11.9. The first-order valence-corrected chi connectivity index (χ1v) is 6.74. The van der Waals surface area contributed by atoms with Crippen molar-refractivity contribution in [2.24, 2.45) is 0 Å². The molecule has 0 fully saturated rings. The molecule has 0 saturated heterocycles. The van der Waals surface area contributed by atoms with Crippen LogP contribution in [0.2, 0.25) is 0 Å². The molecule has 0 spiro atoms. The van der Waals surface area contributed by atoms with E-state index in [1.807, 2.05) is 6.92 Å². The van der Waals surface area contributed by atoms with Crippen molar-refractivity contribution in [1.82, 2.24) is 9.97 Å². The van der Waals surface area contributed by atoms with Crippen LogP contribution in [0.15, 0.2) is 36.7 Å². The van der Waals surface area contributed by atoms with Crippen LogP contribution in [0.1, 0.15) is 5.69 Å². The molecule has 0 radical (unpaired) electrons. The quantitative estimate of drug-likeness (QED) is 0.919. The number of hydrogen-bond donors (Lipinski definition) is 1. The third-order valence-electron chi connectivity index (χ3n) is 3.14. The van der Waals surface area contributed by atoms with E-state index in [0.717, 1.165) is 5.69 Å². The zero-order valence-corrected chi connectivity index (χ0v) is 11.9. The maximum absolute atomic E-state index is 12.2. The summed E-state index contributed by atoms with van der Waals surface area (Å²) in [6.07, 6.45) is 3.17. The number of rotatable bonds is 3. The molecule has 3 heterocycles. The smallest absolute Gasteiger partial charge is 0.266 e. The van der Waals surface area contributed by atoms with Gasteiger partial charge in [-0.25, -0.2) is 4.98 Å². The van der Waals surface area contributed by atoms with Gasteiger partial charge in [-0.3, -0.25) is 19.5 Å². The van der Waals surface area contributed by atoms with E-state index < -0.39 is 0 Å². The zero-order chi connectivity index (χ0) is 15.5. The first-order chi connectivity index (χ1) is 10.6. The van der Waals surface area contributed by atoms with Gasteiger partial charge >= 0.3 is 0 Å². The molecule has 0 aliphatic carbocycles. The molecule has 1 aliphatic heterocycles. The fourth-order valence-electron chi connectivity index (χ4n) is 2.16. The Hall–Kier alpha value is -2.96. The maximum Gasteiger partial charge on any atom is 0.266 e. The summed E-state index contributed by atoms with van der Waals surface area (Å²) in [5, 5.41) is 2.74. The second-order valence-electron chi connectivity index (χ2n) is 4.83. The molecule has 1 aliphatic rings. The van der Waals surface area contributed by atoms with Crippen molar-refractivity contribution in [3.05, 3.63) is 42.4 Å². The molecule has 0 unspecified atom stereocenters. The second kappa shape index (κ2) is 5.80. The van der Waals surface area contributed by atoms with Crippen molar-refractivity contribution in [1.29, 1.82) is 0 Å². The summed E-state index contributed by atoms with van der Waals surface area (Å²) in [7, 11) is 0. The molecule has 0 aromatic carbocycles. The van der Waals surface area contributed by atoms with Crippen molar-refractivity contribution in [2.75, 3.05) is 23.4 Å². The number of fused-ring (bicyclic) bond motifs is 1. The summed E-state index contributed by atoms with van der Waals surface area (Å²) < 4.78 is 5.29. The van der Waals surface area contributed by atoms with Gasteiger partial charge in [-0.2, -0.15) is 0 Å². The van der Waals surface area contributed by atoms with E-state index in [9.17, 15) is 9.59 Å². The summed E-state index contributed by atoms with van der Waals surface area (Å²) >= 11 is 0. The normalized spacial score (nSPS) is 13.3. The van der Waals surface area contributed by atoms with Crippen molar-refractivity contribution in [3.8, 4) is 5.75 Å². The van der Waals surface area contributed by atoms with Crippen LogP contribution in [0.25, 0.3) is 0 Å². The predicted octanol–water partition coefficient (Wildman–Crippen LogP) is 1.15. The van der Waals surface area contributed by atoms with Gasteiger partial charge in [0.2, 0.25) is 5.91 Å². The van der Waals surface area contributed by atoms with Gasteiger partial charge in [0.1, 0.15) is 6.54 Å². The Morgan fingerprint density at radius 3 is 3.05 bits per heavy atom. The van der Waals surface area contributed by atoms with E-state index >= 15 is 0 Å². The largest absolute Gasteiger partial charge is 0.480 e. The highest BCUT2D eigenvalue weighted by Gasteiger charge is 2.28. The van der Waals surface area contributed by atoms with E-state index in [2.05, 4.69) is 15.3 Å². The van der Waals surface area contributed by atoms with Gasteiger partial charge in [-0.1, -0.05) is 0 Å². The van der Waals surface area contributed by atoms with E-state index in [0.29, 0.717) is 17.3 Å². The van der Waals surface area contributed by atoms with Gasteiger partial charge in [-0.05, 0) is 31.2 Å². The monoisotopic (exact) mass is 298 g/mol. The number of aromatic nitrogens is 2. The van der Waals surface area contributed by atoms with Gasteiger partial charge in [0.05, 0.1) is 0 Å². The minimum absolute atomic E-state index is 0.0969. The first kappa shape index (κ1) is 14.0. The lowest BCUT2D eigenvalue weighted by Gasteiger charge is -2.27. The van der Waals surface area contributed by atoms with Crippen molar-refractivity contribution >= 4 is 23.3 Å². The molecule has 1 N–H and O–H groups in total. The van der Waals surface area contributed by atoms with Gasteiger partial charge in [0, 0.05) is 23.8 Å². The Balaban J connectivity index is 1.75. The second-order valence-corrected chi connectivity index (χ2v) is 4.83. The van der Waals surface area contributed by atoms with Gasteiger partial charge in [0.25, 0.3) is 5.91 Å². The van der Waals surface area contributed by atoms with Gasteiger partial charge in [0.15, 0.2) is 18.2 Å². The highest BCUT2D eigenvalue weighted by atomic mass is 16.5. The number of ether oxygens (including phenoxy) is 1.